The molecule has 5 rings (SSSR count). The van der Waals surface area contributed by atoms with Crippen LogP contribution in [0.4, 0.5) is 4.39 Å². The van der Waals surface area contributed by atoms with Crippen LogP contribution in [-0.4, -0.2) is 65.3 Å². The van der Waals surface area contributed by atoms with Crippen molar-refractivity contribution in [3.05, 3.63) is 23.8 Å². The summed E-state index contributed by atoms with van der Waals surface area (Å²) >= 11 is 0. The third-order valence-electron chi connectivity index (χ3n) is 9.74. The van der Waals surface area contributed by atoms with E-state index in [9.17, 15) is 19.5 Å². The lowest BCUT2D eigenvalue weighted by molar-refractivity contribution is -0.428. The highest BCUT2D eigenvalue weighted by atomic mass is 19.1. The van der Waals surface area contributed by atoms with E-state index >= 15 is 4.39 Å². The average Bonchev–Trinajstić information content (AvgIpc) is 3.01. The maximum Gasteiger partial charge on any atom is 0.303 e. The number of esters is 1. The minimum absolute atomic E-state index is 0.0962. The molecule has 4 fully saturated rings. The van der Waals surface area contributed by atoms with Crippen LogP contribution in [0, 0.1) is 22.7 Å². The molecule has 0 aromatic rings. The zero-order valence-electron chi connectivity index (χ0n) is 21.5. The van der Waals surface area contributed by atoms with Gasteiger partial charge >= 0.3 is 5.97 Å². The highest BCUT2D eigenvalue weighted by Gasteiger charge is 2.79. The summed E-state index contributed by atoms with van der Waals surface area (Å²) in [5.74, 6) is -3.88. The van der Waals surface area contributed by atoms with Gasteiger partial charge in [0, 0.05) is 37.2 Å². The van der Waals surface area contributed by atoms with E-state index in [1.54, 1.807) is 26.8 Å². The Morgan fingerprint density at radius 2 is 1.97 bits per heavy atom. The Labute approximate surface area is 210 Å². The van der Waals surface area contributed by atoms with Gasteiger partial charge in [-0.1, -0.05) is 18.6 Å². The van der Waals surface area contributed by atoms with Crippen molar-refractivity contribution in [1.82, 2.24) is 0 Å². The molecule has 0 amide bonds. The van der Waals surface area contributed by atoms with E-state index in [1.807, 2.05) is 6.92 Å². The maximum absolute atomic E-state index is 17.4. The molecule has 1 saturated heterocycles. The van der Waals surface area contributed by atoms with Crippen molar-refractivity contribution in [3.63, 3.8) is 0 Å². The van der Waals surface area contributed by atoms with Crippen LogP contribution >= 0.6 is 0 Å². The molecule has 9 atom stereocenters. The first-order chi connectivity index (χ1) is 16.8. The Bertz CT molecular complexity index is 1070. The molecule has 1 spiro atoms. The molecule has 0 radical (unpaired) electrons. The number of alkyl halides is 1. The number of ether oxygens (including phenoxy) is 4. The van der Waals surface area contributed by atoms with Crippen molar-refractivity contribution >= 4 is 17.5 Å². The summed E-state index contributed by atoms with van der Waals surface area (Å²) in [6.07, 6.45) is 2.95. The van der Waals surface area contributed by atoms with Gasteiger partial charge < -0.3 is 24.1 Å². The average molecular weight is 507 g/mol. The number of hydrogen-bond acceptors (Lipinski definition) is 8. The van der Waals surface area contributed by atoms with Gasteiger partial charge in [-0.25, -0.2) is 4.39 Å². The zero-order valence-corrected chi connectivity index (χ0v) is 21.5. The van der Waals surface area contributed by atoms with Gasteiger partial charge in [0.15, 0.2) is 22.8 Å². The van der Waals surface area contributed by atoms with E-state index < -0.39 is 63.9 Å². The summed E-state index contributed by atoms with van der Waals surface area (Å²) in [4.78, 5) is 38.0. The van der Waals surface area contributed by atoms with Gasteiger partial charge in [0.1, 0.15) is 12.7 Å². The summed E-state index contributed by atoms with van der Waals surface area (Å²) in [5, 5.41) is 11.6. The number of halogens is 1. The van der Waals surface area contributed by atoms with Crippen LogP contribution in [0.15, 0.2) is 23.8 Å². The Morgan fingerprint density at radius 3 is 2.64 bits per heavy atom. The van der Waals surface area contributed by atoms with Crippen molar-refractivity contribution in [2.45, 2.75) is 89.8 Å². The number of Topliss-reactive ketones (excluding diaryl/α,β-unsaturated/α-hetero) is 1. The molecule has 8 nitrogen and oxygen atoms in total. The van der Waals surface area contributed by atoms with Crippen LogP contribution in [0.2, 0.25) is 0 Å². The smallest absolute Gasteiger partial charge is 0.303 e. The van der Waals surface area contributed by atoms with Gasteiger partial charge in [0.05, 0.1) is 6.10 Å². The van der Waals surface area contributed by atoms with E-state index in [2.05, 4.69) is 0 Å². The summed E-state index contributed by atoms with van der Waals surface area (Å²) in [6, 6.07) is 0. The maximum atomic E-state index is 17.4. The molecule has 1 aliphatic heterocycles. The monoisotopic (exact) mass is 506 g/mol. The topological polar surface area (TPSA) is 108 Å². The number of carbonyl (C=O) groups excluding carboxylic acids is 3. The molecular weight excluding hydrogens is 471 g/mol. The van der Waals surface area contributed by atoms with Crippen LogP contribution in [0.1, 0.15) is 60.3 Å². The molecule has 0 bridgehead atoms. The van der Waals surface area contributed by atoms with Gasteiger partial charge in [-0.2, -0.15) is 0 Å². The van der Waals surface area contributed by atoms with Crippen molar-refractivity contribution in [2.24, 2.45) is 22.7 Å². The van der Waals surface area contributed by atoms with Crippen LogP contribution in [0.5, 0.6) is 0 Å². The van der Waals surface area contributed by atoms with Gasteiger partial charge in [-0.15, -0.1) is 0 Å². The molecule has 36 heavy (non-hydrogen) atoms. The SMILES string of the molecule is CCOC1(C)OCC(=O)[C@@]2(O1)[C@H](OC(C)=O)C[C@H]1[C@@H]3CCC4=CC(=O)C=C[C@]4(C)[C@@]3(F)[C@@H](O)C[C@@]12C. The molecular formula is C27H35FO8. The minimum Gasteiger partial charge on any atom is -0.459 e. The molecule has 5 aliphatic rings. The summed E-state index contributed by atoms with van der Waals surface area (Å²) in [7, 11) is 0. The molecule has 9 heteroatoms. The summed E-state index contributed by atoms with van der Waals surface area (Å²) in [5.41, 5.74) is -5.33. The zero-order chi connectivity index (χ0) is 26.3. The van der Waals surface area contributed by atoms with Gasteiger partial charge in [0.25, 0.3) is 5.97 Å². The van der Waals surface area contributed by atoms with Crippen LogP contribution in [-0.2, 0) is 33.3 Å². The number of rotatable bonds is 3. The van der Waals surface area contributed by atoms with Crippen LogP contribution in [0.3, 0.4) is 0 Å². The third-order valence-corrected chi connectivity index (χ3v) is 9.74. The Hall–Kier alpha value is -1.94. The number of aliphatic hydroxyl groups is 1. The number of hydrogen-bond donors (Lipinski definition) is 1. The molecule has 0 aromatic heterocycles. The fourth-order valence-electron chi connectivity index (χ4n) is 8.21. The fourth-order valence-corrected chi connectivity index (χ4v) is 8.21. The predicted octanol–water partition coefficient (Wildman–Crippen LogP) is 2.96. The minimum atomic E-state index is -2.08. The molecule has 3 saturated carbocycles. The molecule has 1 unspecified atom stereocenters. The Balaban J connectivity index is 1.64. The van der Waals surface area contributed by atoms with Crippen molar-refractivity contribution in [3.8, 4) is 0 Å². The van der Waals surface area contributed by atoms with E-state index in [0.29, 0.717) is 18.4 Å². The second-order valence-electron chi connectivity index (χ2n) is 11.4. The number of fused-ring (bicyclic) bond motifs is 6. The van der Waals surface area contributed by atoms with Crippen molar-refractivity contribution in [1.29, 1.82) is 0 Å². The lowest BCUT2D eigenvalue weighted by atomic mass is 9.44. The number of ketones is 2. The normalized spacial score (nSPS) is 49.8. The summed E-state index contributed by atoms with van der Waals surface area (Å²) < 4.78 is 40.9. The van der Waals surface area contributed by atoms with Crippen molar-refractivity contribution < 1.29 is 42.8 Å². The number of carbonyl (C=O) groups is 3. The standard InChI is InChI=1S/C27H35FO8/c1-6-33-25(5)34-14-21(32)27(36-25)22(35-15(2)29)12-19-18-8-7-16-11-17(30)9-10-23(16,3)26(18,28)20(31)13-24(19,27)4/h9-11,18-20,22,31H,6-8,12-14H2,1-5H3/t18-,19-,20-,22+,23-,24-,25?,26-,27+/m0/s1. The fraction of sp³-hybridized carbons (Fsp3) is 0.741. The predicted molar refractivity (Wildman–Crippen MR) is 124 cm³/mol. The second kappa shape index (κ2) is 8.03. The number of allylic oxidation sites excluding steroid dienone is 4. The Kier molecular flexibility index (Phi) is 5.73. The molecule has 1 heterocycles. The first kappa shape index (κ1) is 25.7. The van der Waals surface area contributed by atoms with Crippen LogP contribution in [0.25, 0.3) is 0 Å². The van der Waals surface area contributed by atoms with Gasteiger partial charge in [-0.3, -0.25) is 14.4 Å². The van der Waals surface area contributed by atoms with E-state index in [-0.39, 0.29) is 31.8 Å². The summed E-state index contributed by atoms with van der Waals surface area (Å²) in [6.45, 7) is 8.07. The molecule has 4 aliphatic carbocycles. The Morgan fingerprint density at radius 1 is 1.25 bits per heavy atom. The van der Waals surface area contributed by atoms with Crippen LogP contribution < -0.4 is 0 Å². The third kappa shape index (κ3) is 3.09. The quantitative estimate of drug-likeness (QED) is 0.582. The van der Waals surface area contributed by atoms with E-state index in [0.717, 1.165) is 0 Å². The van der Waals surface area contributed by atoms with Gasteiger partial charge in [-0.05, 0) is 57.6 Å². The van der Waals surface area contributed by atoms with E-state index in [1.165, 1.54) is 19.1 Å². The van der Waals surface area contributed by atoms with Gasteiger partial charge in [0.2, 0.25) is 0 Å². The first-order valence-electron chi connectivity index (χ1n) is 12.8. The van der Waals surface area contributed by atoms with Crippen molar-refractivity contribution in [2.75, 3.05) is 13.2 Å². The lowest BCUT2D eigenvalue weighted by Gasteiger charge is -2.63. The molecule has 198 valence electrons. The first-order valence-corrected chi connectivity index (χ1v) is 12.8. The highest BCUT2D eigenvalue weighted by Crippen LogP contribution is 2.71. The van der Waals surface area contributed by atoms with E-state index in [4.69, 9.17) is 18.9 Å². The lowest BCUT2D eigenvalue weighted by Crippen LogP contribution is -2.73. The largest absolute Gasteiger partial charge is 0.459 e. The highest BCUT2D eigenvalue weighted by molar-refractivity contribution is 6.01. The second-order valence-corrected chi connectivity index (χ2v) is 11.4. The molecule has 0 aromatic carbocycles. The number of aliphatic hydroxyl groups excluding tert-OH is 1. The molecule has 1 N–H and O–H groups in total.